The third-order valence-corrected chi connectivity index (χ3v) is 2.46. The Morgan fingerprint density at radius 1 is 1.36 bits per heavy atom. The number of ether oxygens (including phenoxy) is 1. The van der Waals surface area contributed by atoms with Gasteiger partial charge in [0.05, 0.1) is 0 Å². The van der Waals surface area contributed by atoms with E-state index < -0.39 is 6.61 Å². The van der Waals surface area contributed by atoms with Crippen LogP contribution in [0.15, 0.2) is 18.2 Å². The second-order valence-electron chi connectivity index (χ2n) is 3.68. The van der Waals surface area contributed by atoms with Gasteiger partial charge in [0.1, 0.15) is 5.75 Å². The second kappa shape index (κ2) is 3.56. The molecule has 0 radical (unpaired) electrons. The molecule has 1 nitrogen and oxygen atoms in total. The number of aryl methyl sites for hydroxylation is 1. The third kappa shape index (κ3) is 2.03. The number of hydrogen-bond donors (Lipinski definition) is 0. The van der Waals surface area contributed by atoms with Gasteiger partial charge in [-0.2, -0.15) is 8.78 Å². The van der Waals surface area contributed by atoms with Crippen molar-refractivity contribution < 1.29 is 13.5 Å². The van der Waals surface area contributed by atoms with Gasteiger partial charge in [-0.3, -0.25) is 0 Å². The molecule has 1 aliphatic carbocycles. The van der Waals surface area contributed by atoms with Crippen molar-refractivity contribution in [2.75, 3.05) is 0 Å². The van der Waals surface area contributed by atoms with Crippen LogP contribution in [0.2, 0.25) is 0 Å². The summed E-state index contributed by atoms with van der Waals surface area (Å²) in [5, 5.41) is 0. The zero-order valence-corrected chi connectivity index (χ0v) is 7.97. The monoisotopic (exact) mass is 198 g/mol. The van der Waals surface area contributed by atoms with Crippen LogP contribution in [-0.4, -0.2) is 6.61 Å². The molecule has 3 heteroatoms. The lowest BCUT2D eigenvalue weighted by Crippen LogP contribution is -2.03. The minimum absolute atomic E-state index is 0.282. The molecule has 0 saturated heterocycles. The second-order valence-corrected chi connectivity index (χ2v) is 3.68. The molecular weight excluding hydrogens is 186 g/mol. The SMILES string of the molecule is Cc1cc(C2CC2)ccc1OC(F)F. The van der Waals surface area contributed by atoms with Gasteiger partial charge in [0, 0.05) is 0 Å². The molecule has 0 heterocycles. The largest absolute Gasteiger partial charge is 0.435 e. The van der Waals surface area contributed by atoms with Crippen LogP contribution in [0.4, 0.5) is 8.78 Å². The van der Waals surface area contributed by atoms with Crippen molar-refractivity contribution in [1.82, 2.24) is 0 Å². The number of alkyl halides is 2. The lowest BCUT2D eigenvalue weighted by atomic mass is 10.1. The van der Waals surface area contributed by atoms with E-state index in [0.717, 1.165) is 5.56 Å². The van der Waals surface area contributed by atoms with Crippen LogP contribution >= 0.6 is 0 Å². The fraction of sp³-hybridized carbons (Fsp3) is 0.455. The summed E-state index contributed by atoms with van der Waals surface area (Å²) < 4.78 is 28.3. The normalized spacial score (nSPS) is 16.0. The number of rotatable bonds is 3. The van der Waals surface area contributed by atoms with E-state index in [0.29, 0.717) is 5.92 Å². The first-order valence-corrected chi connectivity index (χ1v) is 4.72. The van der Waals surface area contributed by atoms with E-state index in [4.69, 9.17) is 0 Å². The maximum atomic E-state index is 11.9. The highest BCUT2D eigenvalue weighted by molar-refractivity contribution is 5.38. The van der Waals surface area contributed by atoms with E-state index in [9.17, 15) is 8.78 Å². The Kier molecular flexibility index (Phi) is 2.40. The standard InChI is InChI=1S/C11H12F2O/c1-7-6-9(8-2-3-8)4-5-10(7)14-11(12)13/h4-6,8,11H,2-3H2,1H3. The molecule has 0 aliphatic heterocycles. The van der Waals surface area contributed by atoms with Gasteiger partial charge >= 0.3 is 6.61 Å². The molecule has 1 aromatic rings. The molecule has 0 bridgehead atoms. The van der Waals surface area contributed by atoms with Crippen LogP contribution in [0, 0.1) is 6.92 Å². The number of halogens is 2. The van der Waals surface area contributed by atoms with Crippen molar-refractivity contribution in [1.29, 1.82) is 0 Å². The van der Waals surface area contributed by atoms with Crippen LogP contribution in [0.5, 0.6) is 5.75 Å². The minimum Gasteiger partial charge on any atom is -0.435 e. The molecule has 0 aromatic heterocycles. The fourth-order valence-corrected chi connectivity index (χ4v) is 1.57. The summed E-state index contributed by atoms with van der Waals surface area (Å²) in [6.07, 6.45) is 2.43. The van der Waals surface area contributed by atoms with Crippen LogP contribution in [0.25, 0.3) is 0 Å². The summed E-state index contributed by atoms with van der Waals surface area (Å²) in [6, 6.07) is 5.45. The van der Waals surface area contributed by atoms with Crippen LogP contribution in [-0.2, 0) is 0 Å². The molecular formula is C11H12F2O. The zero-order chi connectivity index (χ0) is 10.1. The topological polar surface area (TPSA) is 9.23 Å². The van der Waals surface area contributed by atoms with Gasteiger partial charge in [-0.15, -0.1) is 0 Å². The molecule has 0 spiro atoms. The minimum atomic E-state index is -2.74. The van der Waals surface area contributed by atoms with Crippen LogP contribution in [0.1, 0.15) is 29.9 Å². The summed E-state index contributed by atoms with van der Waals surface area (Å²) in [5.74, 6) is 0.929. The van der Waals surface area contributed by atoms with Gasteiger partial charge in [-0.05, 0) is 42.9 Å². The first-order valence-electron chi connectivity index (χ1n) is 4.72. The van der Waals surface area contributed by atoms with E-state index in [-0.39, 0.29) is 5.75 Å². The first-order chi connectivity index (χ1) is 6.66. The summed E-state index contributed by atoms with van der Waals surface area (Å²) in [7, 11) is 0. The van der Waals surface area contributed by atoms with E-state index in [1.54, 1.807) is 13.0 Å². The predicted octanol–water partition coefficient (Wildman–Crippen LogP) is 3.47. The molecule has 0 N–H and O–H groups in total. The molecule has 0 amide bonds. The molecule has 0 atom stereocenters. The molecule has 76 valence electrons. The summed E-state index contributed by atoms with van der Waals surface area (Å²) in [5.41, 5.74) is 2.03. The van der Waals surface area contributed by atoms with E-state index in [1.165, 1.54) is 18.4 Å². The molecule has 14 heavy (non-hydrogen) atoms. The molecule has 1 saturated carbocycles. The van der Waals surface area contributed by atoms with E-state index in [1.807, 2.05) is 12.1 Å². The van der Waals surface area contributed by atoms with E-state index in [2.05, 4.69) is 4.74 Å². The smallest absolute Gasteiger partial charge is 0.387 e. The fourth-order valence-electron chi connectivity index (χ4n) is 1.57. The summed E-state index contributed by atoms with van der Waals surface area (Å²) in [4.78, 5) is 0. The lowest BCUT2D eigenvalue weighted by Gasteiger charge is -2.08. The highest BCUT2D eigenvalue weighted by atomic mass is 19.3. The molecule has 1 fully saturated rings. The Hall–Kier alpha value is -1.12. The van der Waals surface area contributed by atoms with Crippen molar-refractivity contribution in [2.24, 2.45) is 0 Å². The quantitative estimate of drug-likeness (QED) is 0.722. The predicted molar refractivity (Wildman–Crippen MR) is 49.8 cm³/mol. The maximum Gasteiger partial charge on any atom is 0.387 e. The highest BCUT2D eigenvalue weighted by Gasteiger charge is 2.23. The van der Waals surface area contributed by atoms with Crippen molar-refractivity contribution in [3.8, 4) is 5.75 Å². The Morgan fingerprint density at radius 3 is 2.57 bits per heavy atom. The van der Waals surface area contributed by atoms with Crippen molar-refractivity contribution in [2.45, 2.75) is 32.3 Å². The number of hydrogen-bond acceptors (Lipinski definition) is 1. The van der Waals surface area contributed by atoms with Crippen molar-refractivity contribution in [3.05, 3.63) is 29.3 Å². The van der Waals surface area contributed by atoms with Gasteiger partial charge in [-0.25, -0.2) is 0 Å². The van der Waals surface area contributed by atoms with Gasteiger partial charge in [0.15, 0.2) is 0 Å². The Bertz CT molecular complexity index is 332. The Balaban J connectivity index is 2.17. The summed E-state index contributed by atoms with van der Waals surface area (Å²) >= 11 is 0. The molecule has 1 aliphatic rings. The highest BCUT2D eigenvalue weighted by Crippen LogP contribution is 2.41. The average Bonchev–Trinajstić information content (AvgIpc) is 2.90. The zero-order valence-electron chi connectivity index (χ0n) is 7.97. The average molecular weight is 198 g/mol. The van der Waals surface area contributed by atoms with Crippen molar-refractivity contribution in [3.63, 3.8) is 0 Å². The van der Waals surface area contributed by atoms with E-state index >= 15 is 0 Å². The van der Waals surface area contributed by atoms with Crippen molar-refractivity contribution >= 4 is 0 Å². The maximum absolute atomic E-state index is 11.9. The van der Waals surface area contributed by atoms with Gasteiger partial charge in [0.25, 0.3) is 0 Å². The third-order valence-electron chi connectivity index (χ3n) is 2.46. The number of benzene rings is 1. The van der Waals surface area contributed by atoms with Gasteiger partial charge in [-0.1, -0.05) is 12.1 Å². The van der Waals surface area contributed by atoms with Gasteiger partial charge in [0.2, 0.25) is 0 Å². The molecule has 0 unspecified atom stereocenters. The van der Waals surface area contributed by atoms with Gasteiger partial charge < -0.3 is 4.74 Å². The Morgan fingerprint density at radius 2 is 2.07 bits per heavy atom. The molecule has 2 rings (SSSR count). The lowest BCUT2D eigenvalue weighted by molar-refractivity contribution is -0.0503. The Labute approximate surface area is 81.7 Å². The summed E-state index contributed by atoms with van der Waals surface area (Å²) in [6.45, 7) is -0.940. The first kappa shape index (κ1) is 9.44. The molecule has 1 aromatic carbocycles. The van der Waals surface area contributed by atoms with Crippen LogP contribution < -0.4 is 4.74 Å². The van der Waals surface area contributed by atoms with Crippen LogP contribution in [0.3, 0.4) is 0 Å².